The molecule has 1 saturated heterocycles. The molecule has 7 heteroatoms. The lowest BCUT2D eigenvalue weighted by Gasteiger charge is -2.34. The van der Waals surface area contributed by atoms with Crippen LogP contribution in [0.3, 0.4) is 0 Å². The number of nitrogens with zero attached hydrogens (tertiary/aromatic N) is 1. The molecule has 1 N–H and O–H groups in total. The molecule has 1 atom stereocenters. The molecule has 1 heterocycles. The smallest absolute Gasteiger partial charge is 0.308 e. The van der Waals surface area contributed by atoms with E-state index in [1.807, 2.05) is 18.2 Å². The molecule has 1 aliphatic heterocycles. The summed E-state index contributed by atoms with van der Waals surface area (Å²) in [5.41, 5.74) is 1.07. The van der Waals surface area contributed by atoms with Gasteiger partial charge in [-0.2, -0.15) is 0 Å². The van der Waals surface area contributed by atoms with Crippen molar-refractivity contribution < 1.29 is 23.9 Å². The van der Waals surface area contributed by atoms with Gasteiger partial charge in [0.15, 0.2) is 6.61 Å². The summed E-state index contributed by atoms with van der Waals surface area (Å²) in [5, 5.41) is 2.66. The standard InChI is InChI=1S/C19H26N2O5/c1-19(2,3)13-6-5-7-14(10-13)26-12-16(22)21-9-8-20-18(24)15(21)11-17(23)25-4/h5-7,10,15H,8-9,11-12H2,1-4H3,(H,20,24)/t15-/m0/s1. The van der Waals surface area contributed by atoms with E-state index in [1.54, 1.807) is 6.07 Å². The lowest BCUT2D eigenvalue weighted by Crippen LogP contribution is -2.58. The molecule has 26 heavy (non-hydrogen) atoms. The van der Waals surface area contributed by atoms with Crippen molar-refractivity contribution in [1.82, 2.24) is 10.2 Å². The Morgan fingerprint density at radius 2 is 2.04 bits per heavy atom. The summed E-state index contributed by atoms with van der Waals surface area (Å²) in [6, 6.07) is 6.72. The van der Waals surface area contributed by atoms with Gasteiger partial charge in [-0.1, -0.05) is 32.9 Å². The molecule has 1 aromatic rings. The molecular weight excluding hydrogens is 336 g/mol. The summed E-state index contributed by atoms with van der Waals surface area (Å²) in [6.07, 6.45) is -0.173. The van der Waals surface area contributed by atoms with Crippen LogP contribution in [0.4, 0.5) is 0 Å². The molecule has 0 aliphatic carbocycles. The first-order valence-electron chi connectivity index (χ1n) is 8.59. The second kappa shape index (κ2) is 8.21. The van der Waals surface area contributed by atoms with E-state index in [4.69, 9.17) is 4.74 Å². The van der Waals surface area contributed by atoms with Crippen LogP contribution >= 0.6 is 0 Å². The van der Waals surface area contributed by atoms with Crippen LogP contribution in [0.25, 0.3) is 0 Å². The van der Waals surface area contributed by atoms with Gasteiger partial charge >= 0.3 is 5.97 Å². The van der Waals surface area contributed by atoms with Crippen molar-refractivity contribution >= 4 is 17.8 Å². The molecule has 0 radical (unpaired) electrons. The van der Waals surface area contributed by atoms with E-state index < -0.39 is 12.0 Å². The maximum atomic E-state index is 12.5. The second-order valence-corrected chi connectivity index (χ2v) is 7.24. The van der Waals surface area contributed by atoms with E-state index in [0.717, 1.165) is 5.56 Å². The number of methoxy groups -OCH3 is 1. The normalized spacial score (nSPS) is 17.5. The van der Waals surface area contributed by atoms with Gasteiger partial charge in [0.05, 0.1) is 13.5 Å². The molecule has 0 aromatic heterocycles. The monoisotopic (exact) mass is 362 g/mol. The first-order valence-corrected chi connectivity index (χ1v) is 8.59. The quantitative estimate of drug-likeness (QED) is 0.797. The minimum Gasteiger partial charge on any atom is -0.484 e. The van der Waals surface area contributed by atoms with Gasteiger partial charge in [-0.15, -0.1) is 0 Å². The summed E-state index contributed by atoms with van der Waals surface area (Å²) < 4.78 is 10.2. The summed E-state index contributed by atoms with van der Waals surface area (Å²) in [5.74, 6) is -0.639. The Hall–Kier alpha value is -2.57. The third-order valence-electron chi connectivity index (χ3n) is 4.30. The van der Waals surface area contributed by atoms with E-state index in [1.165, 1.54) is 12.0 Å². The SMILES string of the molecule is COC(=O)C[C@H]1C(=O)NCCN1C(=O)COc1cccc(C(C)(C)C)c1. The minimum atomic E-state index is -0.867. The predicted molar refractivity (Wildman–Crippen MR) is 95.8 cm³/mol. The van der Waals surface area contributed by atoms with Crippen molar-refractivity contribution in [3.63, 3.8) is 0 Å². The van der Waals surface area contributed by atoms with E-state index in [0.29, 0.717) is 18.8 Å². The highest BCUT2D eigenvalue weighted by atomic mass is 16.5. The molecule has 2 rings (SSSR count). The highest BCUT2D eigenvalue weighted by molar-refractivity contribution is 5.92. The molecule has 1 aromatic carbocycles. The van der Waals surface area contributed by atoms with Crippen molar-refractivity contribution in [1.29, 1.82) is 0 Å². The Bertz CT molecular complexity index is 681. The molecule has 2 amide bonds. The van der Waals surface area contributed by atoms with E-state index in [-0.39, 0.29) is 30.3 Å². The van der Waals surface area contributed by atoms with Gasteiger partial charge in [0.2, 0.25) is 5.91 Å². The van der Waals surface area contributed by atoms with Crippen LogP contribution in [-0.4, -0.2) is 55.5 Å². The number of hydrogen-bond donors (Lipinski definition) is 1. The van der Waals surface area contributed by atoms with Crippen molar-refractivity contribution in [2.24, 2.45) is 0 Å². The zero-order valence-corrected chi connectivity index (χ0v) is 15.7. The number of carbonyl (C=O) groups excluding carboxylic acids is 3. The number of esters is 1. The van der Waals surface area contributed by atoms with Crippen molar-refractivity contribution in [2.45, 2.75) is 38.6 Å². The number of ether oxygens (including phenoxy) is 2. The van der Waals surface area contributed by atoms with Crippen molar-refractivity contribution in [2.75, 3.05) is 26.8 Å². The molecule has 142 valence electrons. The lowest BCUT2D eigenvalue weighted by molar-refractivity contribution is -0.151. The molecule has 1 fully saturated rings. The van der Waals surface area contributed by atoms with Crippen LogP contribution in [0.2, 0.25) is 0 Å². The van der Waals surface area contributed by atoms with Gasteiger partial charge in [-0.3, -0.25) is 14.4 Å². The van der Waals surface area contributed by atoms with Crippen LogP contribution in [0.5, 0.6) is 5.75 Å². The molecule has 0 saturated carbocycles. The van der Waals surface area contributed by atoms with Gasteiger partial charge in [0.1, 0.15) is 11.8 Å². The fourth-order valence-electron chi connectivity index (χ4n) is 2.74. The van der Waals surface area contributed by atoms with Crippen LogP contribution in [0.15, 0.2) is 24.3 Å². The Morgan fingerprint density at radius 1 is 1.31 bits per heavy atom. The number of piperazine rings is 1. The molecule has 7 nitrogen and oxygen atoms in total. The Kier molecular flexibility index (Phi) is 6.23. The summed E-state index contributed by atoms with van der Waals surface area (Å²) in [6.45, 7) is 6.78. The fraction of sp³-hybridized carbons (Fsp3) is 0.526. The number of rotatable bonds is 5. The Morgan fingerprint density at radius 3 is 2.69 bits per heavy atom. The van der Waals surface area contributed by atoms with Crippen LogP contribution in [-0.2, 0) is 24.5 Å². The zero-order valence-electron chi connectivity index (χ0n) is 15.7. The van der Waals surface area contributed by atoms with Crippen LogP contribution < -0.4 is 10.1 Å². The van der Waals surface area contributed by atoms with Crippen molar-refractivity contribution in [3.05, 3.63) is 29.8 Å². The zero-order chi connectivity index (χ0) is 19.3. The highest BCUT2D eigenvalue weighted by Gasteiger charge is 2.35. The highest BCUT2D eigenvalue weighted by Crippen LogP contribution is 2.25. The third-order valence-corrected chi connectivity index (χ3v) is 4.30. The summed E-state index contributed by atoms with van der Waals surface area (Å²) >= 11 is 0. The molecule has 0 bridgehead atoms. The maximum Gasteiger partial charge on any atom is 0.308 e. The van der Waals surface area contributed by atoms with Gasteiger partial charge in [0.25, 0.3) is 5.91 Å². The average Bonchev–Trinajstić information content (AvgIpc) is 2.60. The summed E-state index contributed by atoms with van der Waals surface area (Å²) in [4.78, 5) is 37.5. The Labute approximate surface area is 153 Å². The van der Waals surface area contributed by atoms with Crippen molar-refractivity contribution in [3.8, 4) is 5.75 Å². The van der Waals surface area contributed by atoms with Gasteiger partial charge in [-0.05, 0) is 23.1 Å². The molecular formula is C19H26N2O5. The maximum absolute atomic E-state index is 12.5. The molecule has 0 unspecified atom stereocenters. The van der Waals surface area contributed by atoms with Gasteiger partial charge in [0, 0.05) is 13.1 Å². The third kappa shape index (κ3) is 4.97. The first kappa shape index (κ1) is 19.8. The van der Waals surface area contributed by atoms with E-state index in [2.05, 4.69) is 30.8 Å². The molecule has 1 aliphatic rings. The summed E-state index contributed by atoms with van der Waals surface area (Å²) in [7, 11) is 1.25. The number of carbonyl (C=O) groups is 3. The van der Waals surface area contributed by atoms with Gasteiger partial charge in [-0.25, -0.2) is 0 Å². The fourth-order valence-corrected chi connectivity index (χ4v) is 2.74. The van der Waals surface area contributed by atoms with E-state index >= 15 is 0 Å². The Balaban J connectivity index is 2.03. The minimum absolute atomic E-state index is 0.0278. The van der Waals surface area contributed by atoms with E-state index in [9.17, 15) is 14.4 Å². The van der Waals surface area contributed by atoms with Crippen LogP contribution in [0, 0.1) is 0 Å². The largest absolute Gasteiger partial charge is 0.484 e. The number of amides is 2. The average molecular weight is 362 g/mol. The first-order chi connectivity index (χ1) is 12.2. The second-order valence-electron chi connectivity index (χ2n) is 7.24. The number of hydrogen-bond acceptors (Lipinski definition) is 5. The topological polar surface area (TPSA) is 84.9 Å². The number of benzene rings is 1. The predicted octanol–water partition coefficient (Wildman–Crippen LogP) is 1.25. The number of nitrogens with one attached hydrogen (secondary N) is 1. The van der Waals surface area contributed by atoms with Gasteiger partial charge < -0.3 is 19.7 Å². The van der Waals surface area contributed by atoms with Crippen LogP contribution in [0.1, 0.15) is 32.8 Å². The lowest BCUT2D eigenvalue weighted by atomic mass is 9.87. The molecule has 0 spiro atoms.